The number of aryl methyl sites for hydroxylation is 1. The van der Waals surface area contributed by atoms with E-state index in [2.05, 4.69) is 5.32 Å². The van der Waals surface area contributed by atoms with Crippen LogP contribution in [0.15, 0.2) is 78.9 Å². The number of methoxy groups -OCH3 is 1. The van der Waals surface area contributed by atoms with Crippen molar-refractivity contribution in [2.45, 2.75) is 65.1 Å². The van der Waals surface area contributed by atoms with Crippen LogP contribution in [0.2, 0.25) is 0 Å². The number of hydrogen-bond acceptors (Lipinski definition) is 5. The van der Waals surface area contributed by atoms with Gasteiger partial charge in [0.15, 0.2) is 0 Å². The van der Waals surface area contributed by atoms with E-state index in [9.17, 15) is 18.0 Å². The molecule has 0 fully saturated rings. The van der Waals surface area contributed by atoms with Crippen molar-refractivity contribution in [3.8, 4) is 5.75 Å². The predicted octanol–water partition coefficient (Wildman–Crippen LogP) is 5.10. The van der Waals surface area contributed by atoms with Gasteiger partial charge in [0.05, 0.1) is 19.1 Å². The summed E-state index contributed by atoms with van der Waals surface area (Å²) in [5.41, 5.74) is 2.96. The van der Waals surface area contributed by atoms with Gasteiger partial charge in [0.25, 0.3) is 0 Å². The van der Waals surface area contributed by atoms with E-state index in [-0.39, 0.29) is 37.7 Å². The van der Waals surface area contributed by atoms with Gasteiger partial charge in [-0.05, 0) is 69.5 Å². The molecular weight excluding hydrogens is 550 g/mol. The maximum atomic E-state index is 13.9. The Kier molecular flexibility index (Phi) is 11.2. The Bertz CT molecular complexity index is 1420. The summed E-state index contributed by atoms with van der Waals surface area (Å²) in [6.07, 6.45) is 1.85. The van der Waals surface area contributed by atoms with Gasteiger partial charge in [0, 0.05) is 31.5 Å². The van der Waals surface area contributed by atoms with E-state index in [4.69, 9.17) is 4.74 Å². The molecule has 0 unspecified atom stereocenters. The van der Waals surface area contributed by atoms with Gasteiger partial charge in [0.2, 0.25) is 21.8 Å². The maximum absolute atomic E-state index is 13.9. The third-order valence-corrected chi connectivity index (χ3v) is 7.95. The van der Waals surface area contributed by atoms with Gasteiger partial charge in [-0.3, -0.25) is 13.9 Å². The van der Waals surface area contributed by atoms with Crippen molar-refractivity contribution in [1.82, 2.24) is 10.2 Å². The first-order chi connectivity index (χ1) is 19.8. The molecule has 8 nitrogen and oxygen atoms in total. The summed E-state index contributed by atoms with van der Waals surface area (Å²) in [5.74, 6) is 0.165. The van der Waals surface area contributed by atoms with Gasteiger partial charge in [-0.25, -0.2) is 8.42 Å². The van der Waals surface area contributed by atoms with Crippen molar-refractivity contribution < 1.29 is 22.7 Å². The molecule has 1 atom stereocenters. The van der Waals surface area contributed by atoms with Crippen LogP contribution in [0, 0.1) is 6.92 Å². The summed E-state index contributed by atoms with van der Waals surface area (Å²) in [5, 5.41) is 3.06. The first-order valence-electron chi connectivity index (χ1n) is 14.1. The Labute approximate surface area is 250 Å². The number of ether oxygens (including phenoxy) is 1. The number of nitrogens with one attached hydrogen (secondary N) is 1. The number of rotatable bonds is 13. The third kappa shape index (κ3) is 9.91. The molecule has 42 heavy (non-hydrogen) atoms. The predicted molar refractivity (Wildman–Crippen MR) is 168 cm³/mol. The molecular formula is C33H43N3O5S. The average Bonchev–Trinajstić information content (AvgIpc) is 2.93. The molecule has 3 aromatic carbocycles. The Morgan fingerprint density at radius 2 is 1.52 bits per heavy atom. The van der Waals surface area contributed by atoms with E-state index in [0.717, 1.165) is 22.9 Å². The van der Waals surface area contributed by atoms with Crippen molar-refractivity contribution in [3.63, 3.8) is 0 Å². The van der Waals surface area contributed by atoms with Gasteiger partial charge < -0.3 is 15.0 Å². The molecule has 0 heterocycles. The number of hydrogen-bond donors (Lipinski definition) is 1. The monoisotopic (exact) mass is 593 g/mol. The number of carbonyl (C=O) groups excluding carboxylic acids is 2. The summed E-state index contributed by atoms with van der Waals surface area (Å²) >= 11 is 0. The molecule has 1 N–H and O–H groups in total. The molecule has 9 heteroatoms. The average molecular weight is 594 g/mol. The molecule has 0 aliphatic heterocycles. The molecule has 226 valence electrons. The zero-order valence-corrected chi connectivity index (χ0v) is 26.3. The molecule has 0 aliphatic carbocycles. The van der Waals surface area contributed by atoms with Crippen LogP contribution in [0.3, 0.4) is 0 Å². The minimum Gasteiger partial charge on any atom is -0.497 e. The second kappa shape index (κ2) is 14.4. The summed E-state index contributed by atoms with van der Waals surface area (Å²) in [6, 6.07) is 23.5. The van der Waals surface area contributed by atoms with Crippen LogP contribution in [-0.2, 0) is 32.6 Å². The highest BCUT2D eigenvalue weighted by Gasteiger charge is 2.32. The fraction of sp³-hybridized carbons (Fsp3) is 0.394. The Balaban J connectivity index is 1.88. The van der Waals surface area contributed by atoms with Crippen LogP contribution < -0.4 is 14.4 Å². The van der Waals surface area contributed by atoms with Crippen LogP contribution in [0.1, 0.15) is 50.3 Å². The molecule has 0 aromatic heterocycles. The van der Waals surface area contributed by atoms with Crippen LogP contribution in [0.5, 0.6) is 5.75 Å². The topological polar surface area (TPSA) is 96.0 Å². The summed E-state index contributed by atoms with van der Waals surface area (Å²) in [4.78, 5) is 29.3. The van der Waals surface area contributed by atoms with E-state index < -0.39 is 21.6 Å². The molecule has 0 saturated heterocycles. The van der Waals surface area contributed by atoms with E-state index >= 15 is 0 Å². The summed E-state index contributed by atoms with van der Waals surface area (Å²) in [7, 11) is -2.05. The van der Waals surface area contributed by atoms with Crippen molar-refractivity contribution >= 4 is 27.5 Å². The number of carbonyl (C=O) groups is 2. The van der Waals surface area contributed by atoms with Crippen LogP contribution in [-0.4, -0.2) is 56.6 Å². The van der Waals surface area contributed by atoms with Gasteiger partial charge in [-0.15, -0.1) is 0 Å². The standard InChI is InChI=1S/C33H43N3O5S/c1-25-14-16-27(17-15-25)24-35(30(32(38)34-33(2,3)4)23-26-11-8-7-9-12-26)31(37)13-10-22-36(42(6,39)40)28-18-20-29(41-5)21-19-28/h7-9,11-12,14-21,30H,10,13,22-24H2,1-6H3,(H,34,38)/t30-/m1/s1. The largest absolute Gasteiger partial charge is 0.497 e. The van der Waals surface area contributed by atoms with E-state index in [1.807, 2.05) is 82.3 Å². The van der Waals surface area contributed by atoms with E-state index in [0.29, 0.717) is 17.9 Å². The number of nitrogens with zero attached hydrogens (tertiary/aromatic N) is 2. The lowest BCUT2D eigenvalue weighted by molar-refractivity contribution is -0.142. The minimum atomic E-state index is -3.60. The molecule has 3 aromatic rings. The zero-order chi connectivity index (χ0) is 30.9. The summed E-state index contributed by atoms with van der Waals surface area (Å²) < 4.78 is 31.8. The van der Waals surface area contributed by atoms with Crippen molar-refractivity contribution in [3.05, 3.63) is 95.6 Å². The number of sulfonamides is 1. The Morgan fingerprint density at radius 1 is 0.905 bits per heavy atom. The summed E-state index contributed by atoms with van der Waals surface area (Å²) in [6.45, 7) is 8.11. The van der Waals surface area contributed by atoms with Gasteiger partial charge in [-0.2, -0.15) is 0 Å². The highest BCUT2D eigenvalue weighted by molar-refractivity contribution is 7.92. The lowest BCUT2D eigenvalue weighted by atomic mass is 10.00. The van der Waals surface area contributed by atoms with E-state index in [1.165, 1.54) is 4.31 Å². The normalized spacial score (nSPS) is 12.3. The molecule has 0 radical (unpaired) electrons. The fourth-order valence-corrected chi connectivity index (χ4v) is 5.61. The smallest absolute Gasteiger partial charge is 0.243 e. The first kappa shape index (κ1) is 32.7. The first-order valence-corrected chi connectivity index (χ1v) is 15.9. The maximum Gasteiger partial charge on any atom is 0.243 e. The van der Waals surface area contributed by atoms with Crippen molar-refractivity contribution in [2.24, 2.45) is 0 Å². The van der Waals surface area contributed by atoms with Crippen LogP contribution in [0.4, 0.5) is 5.69 Å². The van der Waals surface area contributed by atoms with E-state index in [1.54, 1.807) is 36.3 Å². The van der Waals surface area contributed by atoms with Gasteiger partial charge >= 0.3 is 0 Å². The van der Waals surface area contributed by atoms with Gasteiger partial charge in [0.1, 0.15) is 11.8 Å². The molecule has 0 saturated carbocycles. The van der Waals surface area contributed by atoms with Gasteiger partial charge in [-0.1, -0.05) is 60.2 Å². The molecule has 2 amide bonds. The second-order valence-corrected chi connectivity index (χ2v) is 13.5. The fourth-order valence-electron chi connectivity index (χ4n) is 4.65. The Morgan fingerprint density at radius 3 is 2.07 bits per heavy atom. The van der Waals surface area contributed by atoms with Crippen molar-refractivity contribution in [2.75, 3.05) is 24.2 Å². The highest BCUT2D eigenvalue weighted by atomic mass is 32.2. The number of benzene rings is 3. The third-order valence-electron chi connectivity index (χ3n) is 6.76. The van der Waals surface area contributed by atoms with Crippen LogP contribution >= 0.6 is 0 Å². The van der Waals surface area contributed by atoms with Crippen molar-refractivity contribution in [1.29, 1.82) is 0 Å². The lowest BCUT2D eigenvalue weighted by Crippen LogP contribution is -2.54. The molecule has 0 bridgehead atoms. The highest BCUT2D eigenvalue weighted by Crippen LogP contribution is 2.23. The number of amides is 2. The molecule has 0 aliphatic rings. The second-order valence-electron chi connectivity index (χ2n) is 11.6. The SMILES string of the molecule is COc1ccc(N(CCCC(=O)N(Cc2ccc(C)cc2)[C@H](Cc2ccccc2)C(=O)NC(C)(C)C)S(C)(=O)=O)cc1. The zero-order valence-electron chi connectivity index (χ0n) is 25.5. The van der Waals surface area contributed by atoms with Crippen LogP contribution in [0.25, 0.3) is 0 Å². The molecule has 0 spiro atoms. The Hall–Kier alpha value is -3.85. The number of anilines is 1. The quantitative estimate of drug-likeness (QED) is 0.297. The lowest BCUT2D eigenvalue weighted by Gasteiger charge is -2.34. The minimum absolute atomic E-state index is 0.0716. The molecule has 3 rings (SSSR count).